The standard InChI is InChI=1S/C14H18N2S/c1-10(2)8-14-16-13(9-17-14)11-4-6-12(15-3)7-5-11/h4-7,9-10,15H,8H2,1-3H3. The SMILES string of the molecule is CNc1ccc(-c2csc(CC(C)C)n2)cc1. The van der Waals surface area contributed by atoms with Crippen LogP contribution in [0.3, 0.4) is 0 Å². The lowest BCUT2D eigenvalue weighted by atomic mass is 10.1. The summed E-state index contributed by atoms with van der Waals surface area (Å²) in [6, 6.07) is 8.38. The van der Waals surface area contributed by atoms with Crippen LogP contribution in [0.25, 0.3) is 11.3 Å². The quantitative estimate of drug-likeness (QED) is 0.880. The summed E-state index contributed by atoms with van der Waals surface area (Å²) >= 11 is 1.76. The second-order valence-electron chi connectivity index (χ2n) is 4.55. The smallest absolute Gasteiger partial charge is 0.0935 e. The second kappa shape index (κ2) is 5.32. The van der Waals surface area contributed by atoms with Gasteiger partial charge in [-0.1, -0.05) is 26.0 Å². The molecule has 0 aliphatic heterocycles. The number of hydrogen-bond acceptors (Lipinski definition) is 3. The largest absolute Gasteiger partial charge is 0.388 e. The van der Waals surface area contributed by atoms with Gasteiger partial charge in [0.15, 0.2) is 0 Å². The molecule has 0 fully saturated rings. The maximum Gasteiger partial charge on any atom is 0.0935 e. The van der Waals surface area contributed by atoms with Crippen molar-refractivity contribution < 1.29 is 0 Å². The van der Waals surface area contributed by atoms with Crippen LogP contribution in [-0.2, 0) is 6.42 Å². The van der Waals surface area contributed by atoms with Crippen LogP contribution in [0.4, 0.5) is 5.69 Å². The van der Waals surface area contributed by atoms with Crippen LogP contribution in [0, 0.1) is 5.92 Å². The summed E-state index contributed by atoms with van der Waals surface area (Å²) in [5, 5.41) is 6.49. The Labute approximate surface area is 107 Å². The zero-order valence-corrected chi connectivity index (χ0v) is 11.3. The summed E-state index contributed by atoms with van der Waals surface area (Å²) in [5.41, 5.74) is 3.41. The molecule has 90 valence electrons. The Bertz CT molecular complexity index is 471. The molecular weight excluding hydrogens is 228 g/mol. The maximum atomic E-state index is 4.67. The molecule has 1 N–H and O–H groups in total. The van der Waals surface area contributed by atoms with Crippen molar-refractivity contribution in [1.29, 1.82) is 0 Å². The van der Waals surface area contributed by atoms with Gasteiger partial charge in [-0.2, -0.15) is 0 Å². The molecule has 0 aliphatic carbocycles. The lowest BCUT2D eigenvalue weighted by molar-refractivity contribution is 0.645. The minimum Gasteiger partial charge on any atom is -0.388 e. The fraction of sp³-hybridized carbons (Fsp3) is 0.357. The molecule has 0 radical (unpaired) electrons. The van der Waals surface area contributed by atoms with E-state index in [2.05, 4.69) is 53.8 Å². The van der Waals surface area contributed by atoms with Crippen molar-refractivity contribution >= 4 is 17.0 Å². The van der Waals surface area contributed by atoms with Crippen molar-refractivity contribution in [2.24, 2.45) is 5.92 Å². The first kappa shape index (κ1) is 12.1. The molecule has 0 amide bonds. The van der Waals surface area contributed by atoms with Gasteiger partial charge in [0, 0.05) is 30.1 Å². The normalized spacial score (nSPS) is 10.8. The first-order chi connectivity index (χ1) is 8.19. The van der Waals surface area contributed by atoms with E-state index >= 15 is 0 Å². The van der Waals surface area contributed by atoms with Crippen LogP contribution in [-0.4, -0.2) is 12.0 Å². The summed E-state index contributed by atoms with van der Waals surface area (Å²) in [6.07, 6.45) is 1.07. The van der Waals surface area contributed by atoms with Crippen molar-refractivity contribution in [2.45, 2.75) is 20.3 Å². The molecule has 17 heavy (non-hydrogen) atoms. The number of anilines is 1. The predicted octanol–water partition coefficient (Wildman–Crippen LogP) is 4.05. The van der Waals surface area contributed by atoms with Gasteiger partial charge in [0.1, 0.15) is 0 Å². The molecule has 3 heteroatoms. The highest BCUT2D eigenvalue weighted by Gasteiger charge is 2.06. The van der Waals surface area contributed by atoms with Crippen LogP contribution < -0.4 is 5.32 Å². The van der Waals surface area contributed by atoms with E-state index in [1.54, 1.807) is 11.3 Å². The average molecular weight is 246 g/mol. The molecule has 0 bridgehead atoms. The summed E-state index contributed by atoms with van der Waals surface area (Å²) < 4.78 is 0. The van der Waals surface area contributed by atoms with E-state index in [0.29, 0.717) is 5.92 Å². The average Bonchev–Trinajstić information content (AvgIpc) is 2.77. The number of rotatable bonds is 4. The molecule has 2 rings (SSSR count). The van der Waals surface area contributed by atoms with Crippen LogP contribution in [0.2, 0.25) is 0 Å². The fourth-order valence-corrected chi connectivity index (χ4v) is 2.71. The molecule has 1 aromatic carbocycles. The molecule has 1 heterocycles. The highest BCUT2D eigenvalue weighted by molar-refractivity contribution is 7.09. The third-order valence-corrected chi connectivity index (χ3v) is 3.48. The molecule has 0 spiro atoms. The van der Waals surface area contributed by atoms with Gasteiger partial charge >= 0.3 is 0 Å². The van der Waals surface area contributed by atoms with E-state index < -0.39 is 0 Å². The van der Waals surface area contributed by atoms with Crippen molar-refractivity contribution in [1.82, 2.24) is 4.98 Å². The zero-order valence-electron chi connectivity index (χ0n) is 10.5. The highest BCUT2D eigenvalue weighted by atomic mass is 32.1. The summed E-state index contributed by atoms with van der Waals surface area (Å²) in [7, 11) is 1.93. The minimum atomic E-state index is 0.667. The van der Waals surface area contributed by atoms with E-state index in [4.69, 9.17) is 0 Å². The third kappa shape index (κ3) is 3.07. The molecule has 0 unspecified atom stereocenters. The zero-order chi connectivity index (χ0) is 12.3. The summed E-state index contributed by atoms with van der Waals surface area (Å²) in [5.74, 6) is 0.667. The molecule has 0 aliphatic rings. The monoisotopic (exact) mass is 246 g/mol. The van der Waals surface area contributed by atoms with Crippen LogP contribution in [0.5, 0.6) is 0 Å². The maximum absolute atomic E-state index is 4.67. The Kier molecular flexibility index (Phi) is 3.79. The first-order valence-electron chi connectivity index (χ1n) is 5.91. The van der Waals surface area contributed by atoms with E-state index in [1.165, 1.54) is 10.6 Å². The van der Waals surface area contributed by atoms with Crippen LogP contribution >= 0.6 is 11.3 Å². The highest BCUT2D eigenvalue weighted by Crippen LogP contribution is 2.24. The van der Waals surface area contributed by atoms with Crippen molar-refractivity contribution in [2.75, 3.05) is 12.4 Å². The first-order valence-corrected chi connectivity index (χ1v) is 6.79. The molecule has 0 saturated carbocycles. The van der Waals surface area contributed by atoms with E-state index in [-0.39, 0.29) is 0 Å². The van der Waals surface area contributed by atoms with Gasteiger partial charge in [-0.05, 0) is 18.1 Å². The molecule has 0 saturated heterocycles. The number of hydrogen-bond donors (Lipinski definition) is 1. The summed E-state index contributed by atoms with van der Waals surface area (Å²) in [4.78, 5) is 4.67. The van der Waals surface area contributed by atoms with Crippen molar-refractivity contribution in [3.63, 3.8) is 0 Å². The van der Waals surface area contributed by atoms with Crippen LogP contribution in [0.15, 0.2) is 29.6 Å². The molecule has 2 nitrogen and oxygen atoms in total. The van der Waals surface area contributed by atoms with Crippen molar-refractivity contribution in [3.8, 4) is 11.3 Å². The Morgan fingerprint density at radius 2 is 1.94 bits per heavy atom. The number of thiazole rings is 1. The lowest BCUT2D eigenvalue weighted by Crippen LogP contribution is -1.93. The second-order valence-corrected chi connectivity index (χ2v) is 5.49. The van der Waals surface area contributed by atoms with Gasteiger partial charge in [0.2, 0.25) is 0 Å². The van der Waals surface area contributed by atoms with Gasteiger partial charge in [0.25, 0.3) is 0 Å². The van der Waals surface area contributed by atoms with E-state index in [1.807, 2.05) is 7.05 Å². The Morgan fingerprint density at radius 1 is 1.24 bits per heavy atom. The Balaban J connectivity index is 2.18. The van der Waals surface area contributed by atoms with Gasteiger partial charge in [-0.25, -0.2) is 4.98 Å². The Morgan fingerprint density at radius 3 is 2.53 bits per heavy atom. The lowest BCUT2D eigenvalue weighted by Gasteiger charge is -2.01. The van der Waals surface area contributed by atoms with Gasteiger partial charge in [-0.3, -0.25) is 0 Å². The topological polar surface area (TPSA) is 24.9 Å². The van der Waals surface area contributed by atoms with Gasteiger partial charge < -0.3 is 5.32 Å². The number of aromatic nitrogens is 1. The number of benzene rings is 1. The minimum absolute atomic E-state index is 0.667. The molecule has 2 aromatic rings. The molecular formula is C14H18N2S. The number of nitrogens with one attached hydrogen (secondary N) is 1. The van der Waals surface area contributed by atoms with E-state index in [9.17, 15) is 0 Å². The van der Waals surface area contributed by atoms with Crippen molar-refractivity contribution in [3.05, 3.63) is 34.7 Å². The summed E-state index contributed by atoms with van der Waals surface area (Å²) in [6.45, 7) is 4.45. The fourth-order valence-electron chi connectivity index (χ4n) is 1.69. The third-order valence-electron chi connectivity index (χ3n) is 2.60. The van der Waals surface area contributed by atoms with Crippen LogP contribution in [0.1, 0.15) is 18.9 Å². The molecule has 0 atom stereocenters. The Hall–Kier alpha value is -1.35. The molecule has 1 aromatic heterocycles. The van der Waals surface area contributed by atoms with Gasteiger partial charge in [0.05, 0.1) is 10.7 Å². The van der Waals surface area contributed by atoms with E-state index in [0.717, 1.165) is 17.8 Å². The predicted molar refractivity (Wildman–Crippen MR) is 75.6 cm³/mol. The van der Waals surface area contributed by atoms with Gasteiger partial charge in [-0.15, -0.1) is 11.3 Å². The number of nitrogens with zero attached hydrogens (tertiary/aromatic N) is 1.